The summed E-state index contributed by atoms with van der Waals surface area (Å²) < 4.78 is 13.3. The second-order valence-corrected chi connectivity index (χ2v) is 7.40. The van der Waals surface area contributed by atoms with Crippen LogP contribution >= 0.6 is 0 Å². The SMILES string of the molecule is CN(C)C(=O)c1ccc(NC(=O)CN2CCN(C(=O)c3cccc(F)c3)CC2)cc1. The van der Waals surface area contributed by atoms with Gasteiger partial charge in [-0.05, 0) is 42.5 Å². The number of nitrogens with one attached hydrogen (secondary N) is 1. The summed E-state index contributed by atoms with van der Waals surface area (Å²) in [5.41, 5.74) is 1.50. The highest BCUT2D eigenvalue weighted by Gasteiger charge is 2.23. The molecule has 1 aliphatic rings. The maximum Gasteiger partial charge on any atom is 0.254 e. The number of amides is 3. The third-order valence-corrected chi connectivity index (χ3v) is 4.92. The van der Waals surface area contributed by atoms with E-state index in [2.05, 4.69) is 5.32 Å². The molecule has 0 aromatic heterocycles. The van der Waals surface area contributed by atoms with Crippen LogP contribution in [0.3, 0.4) is 0 Å². The number of carbonyl (C=O) groups is 3. The number of hydrogen-bond acceptors (Lipinski definition) is 4. The number of hydrogen-bond donors (Lipinski definition) is 1. The van der Waals surface area contributed by atoms with Crippen molar-refractivity contribution in [2.45, 2.75) is 0 Å². The van der Waals surface area contributed by atoms with Crippen LogP contribution < -0.4 is 5.32 Å². The first-order valence-corrected chi connectivity index (χ1v) is 9.72. The molecular formula is C22H25FN4O3. The zero-order valence-electron chi connectivity index (χ0n) is 17.1. The molecule has 3 amide bonds. The molecule has 1 aliphatic heterocycles. The number of rotatable bonds is 5. The fraction of sp³-hybridized carbons (Fsp3) is 0.318. The summed E-state index contributed by atoms with van der Waals surface area (Å²) in [5, 5.41) is 2.82. The van der Waals surface area contributed by atoms with Crippen LogP contribution in [0.2, 0.25) is 0 Å². The van der Waals surface area contributed by atoms with Crippen LogP contribution in [0.25, 0.3) is 0 Å². The Bertz CT molecular complexity index is 922. The molecule has 0 unspecified atom stereocenters. The number of halogens is 1. The lowest BCUT2D eigenvalue weighted by Gasteiger charge is -2.34. The van der Waals surface area contributed by atoms with Gasteiger partial charge < -0.3 is 15.1 Å². The summed E-state index contributed by atoms with van der Waals surface area (Å²) in [4.78, 5) is 41.8. The smallest absolute Gasteiger partial charge is 0.254 e. The van der Waals surface area contributed by atoms with Crippen molar-refractivity contribution in [3.8, 4) is 0 Å². The van der Waals surface area contributed by atoms with Gasteiger partial charge in [0.15, 0.2) is 0 Å². The molecule has 2 aromatic rings. The van der Waals surface area contributed by atoms with Gasteiger partial charge >= 0.3 is 0 Å². The number of nitrogens with zero attached hydrogens (tertiary/aromatic N) is 3. The zero-order chi connectivity index (χ0) is 21.7. The Morgan fingerprint density at radius 2 is 1.63 bits per heavy atom. The molecule has 2 aromatic carbocycles. The van der Waals surface area contributed by atoms with Gasteiger partial charge in [0.25, 0.3) is 11.8 Å². The lowest BCUT2D eigenvalue weighted by molar-refractivity contribution is -0.117. The molecule has 0 saturated carbocycles. The Hall–Kier alpha value is -3.26. The van der Waals surface area contributed by atoms with Crippen molar-refractivity contribution in [1.29, 1.82) is 0 Å². The molecule has 30 heavy (non-hydrogen) atoms. The second-order valence-electron chi connectivity index (χ2n) is 7.40. The summed E-state index contributed by atoms with van der Waals surface area (Å²) in [5.74, 6) is -0.897. The third kappa shape index (κ3) is 5.42. The summed E-state index contributed by atoms with van der Waals surface area (Å²) in [6.07, 6.45) is 0. The first-order chi connectivity index (χ1) is 14.3. The molecule has 1 N–H and O–H groups in total. The number of carbonyl (C=O) groups excluding carboxylic acids is 3. The van der Waals surface area contributed by atoms with Crippen LogP contribution in [-0.2, 0) is 4.79 Å². The zero-order valence-corrected chi connectivity index (χ0v) is 17.1. The molecule has 0 spiro atoms. The van der Waals surface area contributed by atoms with Crippen molar-refractivity contribution < 1.29 is 18.8 Å². The van der Waals surface area contributed by atoms with E-state index in [1.165, 1.54) is 23.1 Å². The molecule has 158 valence electrons. The monoisotopic (exact) mass is 412 g/mol. The minimum atomic E-state index is -0.435. The fourth-order valence-corrected chi connectivity index (χ4v) is 3.27. The Morgan fingerprint density at radius 1 is 0.967 bits per heavy atom. The predicted octanol–water partition coefficient (Wildman–Crippen LogP) is 1.92. The minimum absolute atomic E-state index is 0.0986. The standard InChI is InChI=1S/C22H25FN4O3/c1-25(2)21(29)16-6-8-19(9-7-16)24-20(28)15-26-10-12-27(13-11-26)22(30)17-4-3-5-18(23)14-17/h3-9,14H,10-13,15H2,1-2H3,(H,24,28). The fourth-order valence-electron chi connectivity index (χ4n) is 3.27. The van der Waals surface area contributed by atoms with Gasteiger partial charge in [-0.3, -0.25) is 19.3 Å². The molecule has 1 heterocycles. The molecule has 1 fully saturated rings. The van der Waals surface area contributed by atoms with Crippen LogP contribution in [0.5, 0.6) is 0 Å². The van der Waals surface area contributed by atoms with Gasteiger partial charge in [-0.15, -0.1) is 0 Å². The van der Waals surface area contributed by atoms with E-state index in [0.717, 1.165) is 0 Å². The van der Waals surface area contributed by atoms with Gasteiger partial charge in [0.05, 0.1) is 6.54 Å². The highest BCUT2D eigenvalue weighted by atomic mass is 19.1. The van der Waals surface area contributed by atoms with Crippen molar-refractivity contribution in [2.24, 2.45) is 0 Å². The Kier molecular flexibility index (Phi) is 6.79. The molecule has 0 atom stereocenters. The van der Waals surface area contributed by atoms with Crippen LogP contribution in [0.4, 0.5) is 10.1 Å². The van der Waals surface area contributed by atoms with Crippen LogP contribution in [-0.4, -0.2) is 79.2 Å². The number of piperazine rings is 1. The second kappa shape index (κ2) is 9.49. The molecule has 1 saturated heterocycles. The van der Waals surface area contributed by atoms with Crippen molar-refractivity contribution in [3.05, 3.63) is 65.5 Å². The summed E-state index contributed by atoms with van der Waals surface area (Å²) in [7, 11) is 3.37. The van der Waals surface area contributed by atoms with E-state index in [9.17, 15) is 18.8 Å². The highest BCUT2D eigenvalue weighted by molar-refractivity contribution is 5.96. The van der Waals surface area contributed by atoms with Gasteiger partial charge in [-0.2, -0.15) is 0 Å². The van der Waals surface area contributed by atoms with Crippen molar-refractivity contribution in [2.75, 3.05) is 52.1 Å². The van der Waals surface area contributed by atoms with Gasteiger partial charge in [0.2, 0.25) is 5.91 Å². The molecule has 0 radical (unpaired) electrons. The third-order valence-electron chi connectivity index (χ3n) is 4.92. The van der Waals surface area contributed by atoms with E-state index < -0.39 is 5.82 Å². The Morgan fingerprint density at radius 3 is 2.23 bits per heavy atom. The van der Waals surface area contributed by atoms with Crippen molar-refractivity contribution >= 4 is 23.4 Å². The normalized spacial score (nSPS) is 14.3. The van der Waals surface area contributed by atoms with E-state index in [4.69, 9.17) is 0 Å². The van der Waals surface area contributed by atoms with Crippen molar-refractivity contribution in [3.63, 3.8) is 0 Å². The molecular weight excluding hydrogens is 387 g/mol. The molecule has 0 aliphatic carbocycles. The van der Waals surface area contributed by atoms with Gasteiger partial charge in [0.1, 0.15) is 5.82 Å². The number of anilines is 1. The van der Waals surface area contributed by atoms with Gasteiger partial charge in [-0.25, -0.2) is 4.39 Å². The van der Waals surface area contributed by atoms with E-state index >= 15 is 0 Å². The number of benzene rings is 2. The topological polar surface area (TPSA) is 73.0 Å². The highest BCUT2D eigenvalue weighted by Crippen LogP contribution is 2.13. The predicted molar refractivity (Wildman–Crippen MR) is 112 cm³/mol. The summed E-state index contributed by atoms with van der Waals surface area (Å²) >= 11 is 0. The first kappa shape index (κ1) is 21.4. The maximum atomic E-state index is 13.3. The van der Waals surface area contributed by atoms with Crippen LogP contribution in [0.15, 0.2) is 48.5 Å². The largest absolute Gasteiger partial charge is 0.345 e. The van der Waals surface area contributed by atoms with Crippen LogP contribution in [0, 0.1) is 5.82 Å². The van der Waals surface area contributed by atoms with Crippen molar-refractivity contribution in [1.82, 2.24) is 14.7 Å². The van der Waals surface area contributed by atoms with E-state index in [-0.39, 0.29) is 24.3 Å². The van der Waals surface area contributed by atoms with Gasteiger partial charge in [-0.1, -0.05) is 6.07 Å². The average molecular weight is 412 g/mol. The lowest BCUT2D eigenvalue weighted by atomic mass is 10.1. The molecule has 3 rings (SSSR count). The Labute approximate surface area is 175 Å². The van der Waals surface area contributed by atoms with E-state index in [1.807, 2.05) is 4.90 Å². The Balaban J connectivity index is 1.47. The minimum Gasteiger partial charge on any atom is -0.345 e. The van der Waals surface area contributed by atoms with E-state index in [1.54, 1.807) is 49.3 Å². The van der Waals surface area contributed by atoms with E-state index in [0.29, 0.717) is 43.0 Å². The lowest BCUT2D eigenvalue weighted by Crippen LogP contribution is -2.50. The average Bonchev–Trinajstić information content (AvgIpc) is 2.73. The van der Waals surface area contributed by atoms with Gasteiger partial charge in [0, 0.05) is 57.1 Å². The maximum absolute atomic E-state index is 13.3. The quantitative estimate of drug-likeness (QED) is 0.815. The first-order valence-electron chi connectivity index (χ1n) is 9.72. The molecule has 8 heteroatoms. The summed E-state index contributed by atoms with van der Waals surface area (Å²) in [6, 6.07) is 12.4. The van der Waals surface area contributed by atoms with Crippen LogP contribution in [0.1, 0.15) is 20.7 Å². The molecule has 0 bridgehead atoms. The summed E-state index contributed by atoms with van der Waals surface area (Å²) in [6.45, 7) is 2.28. The molecule has 7 nitrogen and oxygen atoms in total.